The minimum atomic E-state index is -0.476. The van der Waals surface area contributed by atoms with Gasteiger partial charge >= 0.3 is 5.97 Å². The molecule has 0 saturated carbocycles. The summed E-state index contributed by atoms with van der Waals surface area (Å²) in [4.78, 5) is 17.3. The number of ether oxygens (including phenoxy) is 1. The summed E-state index contributed by atoms with van der Waals surface area (Å²) < 4.78 is 5.16. The Kier molecular flexibility index (Phi) is 5.63. The second-order valence-corrected chi connectivity index (χ2v) is 6.86. The van der Waals surface area contributed by atoms with Gasteiger partial charge in [-0.15, -0.1) is 11.8 Å². The third-order valence-electron chi connectivity index (χ3n) is 3.42. The molecule has 0 atom stereocenters. The zero-order valence-electron chi connectivity index (χ0n) is 13.2. The Hall–Kier alpha value is -2.01. The van der Waals surface area contributed by atoms with E-state index in [2.05, 4.69) is 4.99 Å². The van der Waals surface area contributed by atoms with E-state index in [0.717, 1.165) is 16.0 Å². The maximum atomic E-state index is 11.9. The van der Waals surface area contributed by atoms with Gasteiger partial charge < -0.3 is 4.74 Å². The van der Waals surface area contributed by atoms with Crippen LogP contribution in [0.1, 0.15) is 11.1 Å². The lowest BCUT2D eigenvalue weighted by molar-refractivity contribution is -0.129. The van der Waals surface area contributed by atoms with Crippen LogP contribution in [-0.4, -0.2) is 18.1 Å². The van der Waals surface area contributed by atoms with Crippen molar-refractivity contribution in [3.63, 3.8) is 0 Å². The maximum absolute atomic E-state index is 11.9. The molecule has 2 aromatic rings. The van der Waals surface area contributed by atoms with Crippen molar-refractivity contribution < 1.29 is 9.53 Å². The third-order valence-corrected chi connectivity index (χ3v) is 4.73. The van der Waals surface area contributed by atoms with Crippen LogP contribution in [0.4, 0.5) is 0 Å². The lowest BCUT2D eigenvalue weighted by atomic mass is 10.2. The van der Waals surface area contributed by atoms with E-state index in [4.69, 9.17) is 27.9 Å². The zero-order chi connectivity index (χ0) is 17.8. The molecular weight excluding hydrogens is 377 g/mol. The van der Waals surface area contributed by atoms with E-state index in [-0.39, 0.29) is 11.6 Å². The highest BCUT2D eigenvalue weighted by Crippen LogP contribution is 2.23. The lowest BCUT2D eigenvalue weighted by Gasteiger charge is -1.98. The number of hydrogen-bond donors (Lipinski definition) is 0. The van der Waals surface area contributed by atoms with Gasteiger partial charge in [-0.2, -0.15) is 0 Å². The molecule has 6 heteroatoms. The highest BCUT2D eigenvalue weighted by molar-refractivity contribution is 7.98. The molecule has 1 heterocycles. The SMILES string of the molecule is CSc1ccc(C=C2N=C(C=Cc3ccc(Cl)cc3Cl)OC2=O)cc1. The van der Waals surface area contributed by atoms with Crippen LogP contribution in [0.3, 0.4) is 0 Å². The Morgan fingerprint density at radius 1 is 1.08 bits per heavy atom. The fourth-order valence-corrected chi connectivity index (χ4v) is 3.03. The van der Waals surface area contributed by atoms with Crippen LogP contribution in [0.2, 0.25) is 10.0 Å². The Balaban J connectivity index is 1.79. The first kappa shape index (κ1) is 17.8. The van der Waals surface area contributed by atoms with Crippen LogP contribution in [0, 0.1) is 0 Å². The fraction of sp³-hybridized carbons (Fsp3) is 0.0526. The summed E-state index contributed by atoms with van der Waals surface area (Å²) in [7, 11) is 0. The monoisotopic (exact) mass is 389 g/mol. The van der Waals surface area contributed by atoms with Crippen LogP contribution < -0.4 is 0 Å². The van der Waals surface area contributed by atoms with E-state index < -0.39 is 5.97 Å². The van der Waals surface area contributed by atoms with E-state index in [1.54, 1.807) is 48.2 Å². The summed E-state index contributed by atoms with van der Waals surface area (Å²) in [5.41, 5.74) is 1.91. The Morgan fingerprint density at radius 2 is 1.84 bits per heavy atom. The van der Waals surface area contributed by atoms with Gasteiger partial charge in [0.15, 0.2) is 5.70 Å². The van der Waals surface area contributed by atoms with Crippen molar-refractivity contribution in [1.29, 1.82) is 0 Å². The average molecular weight is 390 g/mol. The van der Waals surface area contributed by atoms with Crippen molar-refractivity contribution in [3.8, 4) is 0 Å². The highest BCUT2D eigenvalue weighted by atomic mass is 35.5. The standard InChI is InChI=1S/C19H13Cl2NO2S/c1-25-15-7-2-12(3-8-15)10-17-19(23)24-18(22-17)9-5-13-4-6-14(20)11-16(13)21/h2-11H,1H3. The molecule has 3 rings (SSSR count). The number of cyclic esters (lactones) is 1. The summed E-state index contributed by atoms with van der Waals surface area (Å²) in [5.74, 6) is -0.251. The zero-order valence-corrected chi connectivity index (χ0v) is 15.5. The summed E-state index contributed by atoms with van der Waals surface area (Å²) in [6.45, 7) is 0. The van der Waals surface area contributed by atoms with E-state index in [0.29, 0.717) is 10.0 Å². The predicted octanol–water partition coefficient (Wildman–Crippen LogP) is 5.72. The number of nitrogens with zero attached hydrogens (tertiary/aromatic N) is 1. The molecule has 0 amide bonds. The Morgan fingerprint density at radius 3 is 2.52 bits per heavy atom. The van der Waals surface area contributed by atoms with Gasteiger partial charge in [-0.1, -0.05) is 41.4 Å². The van der Waals surface area contributed by atoms with Crippen LogP contribution in [-0.2, 0) is 9.53 Å². The number of aliphatic imine (C=N–C) groups is 1. The van der Waals surface area contributed by atoms with Gasteiger partial charge in [-0.3, -0.25) is 0 Å². The van der Waals surface area contributed by atoms with Crippen molar-refractivity contribution in [1.82, 2.24) is 0 Å². The van der Waals surface area contributed by atoms with Gasteiger partial charge in [0.25, 0.3) is 0 Å². The van der Waals surface area contributed by atoms with Crippen molar-refractivity contribution in [3.05, 3.63) is 75.4 Å². The van der Waals surface area contributed by atoms with Crippen molar-refractivity contribution in [2.75, 3.05) is 6.26 Å². The first-order chi connectivity index (χ1) is 12.0. The van der Waals surface area contributed by atoms with E-state index in [1.807, 2.05) is 30.5 Å². The Bertz CT molecular complexity index is 902. The van der Waals surface area contributed by atoms with Crippen LogP contribution in [0.15, 0.2) is 64.1 Å². The molecule has 0 aliphatic carbocycles. The smallest absolute Gasteiger partial charge is 0.363 e. The first-order valence-electron chi connectivity index (χ1n) is 7.35. The number of rotatable bonds is 4. The number of benzene rings is 2. The quantitative estimate of drug-likeness (QED) is 0.381. The molecule has 0 fully saturated rings. The molecule has 3 nitrogen and oxygen atoms in total. The van der Waals surface area contributed by atoms with Gasteiger partial charge in [-0.25, -0.2) is 9.79 Å². The van der Waals surface area contributed by atoms with E-state index in [1.165, 1.54) is 0 Å². The molecule has 126 valence electrons. The van der Waals surface area contributed by atoms with Crippen LogP contribution in [0.5, 0.6) is 0 Å². The molecule has 0 radical (unpaired) electrons. The van der Waals surface area contributed by atoms with Crippen molar-refractivity contribution >= 4 is 59.0 Å². The molecule has 1 aliphatic heterocycles. The molecule has 1 aliphatic rings. The van der Waals surface area contributed by atoms with Gasteiger partial charge in [0.2, 0.25) is 5.90 Å². The summed E-state index contributed by atoms with van der Waals surface area (Å²) in [6, 6.07) is 13.0. The van der Waals surface area contributed by atoms with Crippen LogP contribution in [0.25, 0.3) is 12.2 Å². The predicted molar refractivity (Wildman–Crippen MR) is 105 cm³/mol. The highest BCUT2D eigenvalue weighted by Gasteiger charge is 2.21. The number of halogens is 2. The minimum absolute atomic E-state index is 0.225. The minimum Gasteiger partial charge on any atom is -0.403 e. The summed E-state index contributed by atoms with van der Waals surface area (Å²) in [6.07, 6.45) is 7.03. The van der Waals surface area contributed by atoms with E-state index >= 15 is 0 Å². The second-order valence-electron chi connectivity index (χ2n) is 5.14. The van der Waals surface area contributed by atoms with Gasteiger partial charge in [0.1, 0.15) is 0 Å². The van der Waals surface area contributed by atoms with Crippen molar-refractivity contribution in [2.45, 2.75) is 4.90 Å². The van der Waals surface area contributed by atoms with Gasteiger partial charge in [-0.05, 0) is 53.8 Å². The topological polar surface area (TPSA) is 38.7 Å². The number of carbonyl (C=O) groups is 1. The summed E-state index contributed by atoms with van der Waals surface area (Å²) in [5, 5.41) is 1.07. The second kappa shape index (κ2) is 7.91. The molecule has 0 bridgehead atoms. The number of hydrogen-bond acceptors (Lipinski definition) is 4. The van der Waals surface area contributed by atoms with Gasteiger partial charge in [0, 0.05) is 21.0 Å². The fourth-order valence-electron chi connectivity index (χ4n) is 2.15. The number of esters is 1. The average Bonchev–Trinajstić information content (AvgIpc) is 2.94. The normalized spacial score (nSPS) is 15.7. The molecule has 0 N–H and O–H groups in total. The molecule has 0 saturated heterocycles. The van der Waals surface area contributed by atoms with Gasteiger partial charge in [0.05, 0.1) is 0 Å². The van der Waals surface area contributed by atoms with Crippen LogP contribution >= 0.6 is 35.0 Å². The Labute approximate surface area is 160 Å². The first-order valence-corrected chi connectivity index (χ1v) is 9.33. The molecule has 0 aromatic heterocycles. The molecule has 0 spiro atoms. The van der Waals surface area contributed by atoms with E-state index in [9.17, 15) is 4.79 Å². The molecule has 0 unspecified atom stereocenters. The molecule has 2 aromatic carbocycles. The largest absolute Gasteiger partial charge is 0.403 e. The summed E-state index contributed by atoms with van der Waals surface area (Å²) >= 11 is 13.6. The molecular formula is C19H13Cl2NO2S. The van der Waals surface area contributed by atoms with Crippen molar-refractivity contribution in [2.24, 2.45) is 4.99 Å². The maximum Gasteiger partial charge on any atom is 0.363 e. The number of thioether (sulfide) groups is 1. The lowest BCUT2D eigenvalue weighted by Crippen LogP contribution is -2.01. The molecule has 25 heavy (non-hydrogen) atoms. The third kappa shape index (κ3) is 4.54. The number of carbonyl (C=O) groups excluding carboxylic acids is 1.